The number of hydrogen-bond donors (Lipinski definition) is 0. The van der Waals surface area contributed by atoms with Crippen LogP contribution in [0.3, 0.4) is 0 Å². The van der Waals surface area contributed by atoms with Gasteiger partial charge in [-0.05, 0) is 80.5 Å². The summed E-state index contributed by atoms with van der Waals surface area (Å²) in [5, 5.41) is 11.1. The molecule has 54 heavy (non-hydrogen) atoms. The zero-order valence-corrected chi connectivity index (χ0v) is 29.0. The molecule has 0 aliphatic carbocycles. The van der Waals surface area contributed by atoms with Crippen LogP contribution in [0.25, 0.3) is 116 Å². The monoisotopic (exact) mass is 687 g/mol. The summed E-state index contributed by atoms with van der Waals surface area (Å²) in [4.78, 5) is 10.8. The predicted molar refractivity (Wildman–Crippen MR) is 224 cm³/mol. The Morgan fingerprint density at radius 1 is 0.426 bits per heavy atom. The number of hydrogen-bond acceptors (Lipinski definition) is 3. The Balaban J connectivity index is 1.18. The molecule has 0 amide bonds. The summed E-state index contributed by atoms with van der Waals surface area (Å²) in [5.41, 5.74) is 10.6. The number of fused-ring (bicyclic) bond motifs is 8. The van der Waals surface area contributed by atoms with E-state index in [9.17, 15) is 0 Å². The minimum absolute atomic E-state index is 0.648. The molecule has 0 spiro atoms. The maximum atomic E-state index is 6.57. The summed E-state index contributed by atoms with van der Waals surface area (Å²) in [5.74, 6) is 0.648. The van der Waals surface area contributed by atoms with Crippen LogP contribution in [0.15, 0.2) is 180 Å². The molecule has 0 fully saturated rings. The topological polar surface area (TPSA) is 43.9 Å². The molecule has 4 nitrogen and oxygen atoms in total. The van der Waals surface area contributed by atoms with Crippen LogP contribution in [0.4, 0.5) is 0 Å². The van der Waals surface area contributed by atoms with Crippen LogP contribution in [-0.2, 0) is 0 Å². The number of furan rings is 1. The van der Waals surface area contributed by atoms with E-state index >= 15 is 0 Å². The van der Waals surface area contributed by atoms with Crippen molar-refractivity contribution in [1.82, 2.24) is 14.5 Å². The van der Waals surface area contributed by atoms with Crippen molar-refractivity contribution in [2.75, 3.05) is 0 Å². The molecule has 12 aromatic rings. The molecule has 250 valence electrons. The highest BCUT2D eigenvalue weighted by molar-refractivity contribution is 6.39. The van der Waals surface area contributed by atoms with Gasteiger partial charge < -0.3 is 8.98 Å². The molecule has 0 saturated heterocycles. The van der Waals surface area contributed by atoms with Gasteiger partial charge in [-0.15, -0.1) is 0 Å². The lowest BCUT2D eigenvalue weighted by molar-refractivity contribution is 0.667. The molecular weight excluding hydrogens is 659 g/mol. The molecule has 3 heterocycles. The minimum atomic E-state index is 0.648. The molecule has 0 N–H and O–H groups in total. The van der Waals surface area contributed by atoms with Crippen molar-refractivity contribution >= 4 is 76.2 Å². The average molecular weight is 688 g/mol. The minimum Gasteiger partial charge on any atom is -0.452 e. The molecule has 0 aliphatic heterocycles. The second kappa shape index (κ2) is 11.1. The van der Waals surface area contributed by atoms with E-state index < -0.39 is 0 Å². The van der Waals surface area contributed by atoms with E-state index in [-0.39, 0.29) is 0 Å². The molecule has 3 aromatic heterocycles. The third-order valence-electron chi connectivity index (χ3n) is 11.1. The van der Waals surface area contributed by atoms with Gasteiger partial charge in [0.25, 0.3) is 0 Å². The van der Waals surface area contributed by atoms with Crippen LogP contribution >= 0.6 is 0 Å². The molecule has 0 radical (unpaired) electrons. The highest BCUT2D eigenvalue weighted by Crippen LogP contribution is 2.47. The van der Waals surface area contributed by atoms with Crippen molar-refractivity contribution in [2.24, 2.45) is 0 Å². The van der Waals surface area contributed by atoms with E-state index in [4.69, 9.17) is 14.4 Å². The fourth-order valence-corrected chi connectivity index (χ4v) is 8.82. The highest BCUT2D eigenvalue weighted by Gasteiger charge is 2.25. The first kappa shape index (κ1) is 29.3. The first-order chi connectivity index (χ1) is 26.8. The summed E-state index contributed by atoms with van der Waals surface area (Å²) >= 11 is 0. The van der Waals surface area contributed by atoms with Crippen LogP contribution in [0.5, 0.6) is 0 Å². The summed E-state index contributed by atoms with van der Waals surface area (Å²) in [6.45, 7) is 0. The van der Waals surface area contributed by atoms with Gasteiger partial charge in [0.1, 0.15) is 16.8 Å². The van der Waals surface area contributed by atoms with Gasteiger partial charge >= 0.3 is 0 Å². The standard InChI is InChI=1S/C50H29N3O/c1-2-14-30(15-3-1)31-17-12-18-33(28-31)47-49-48(39-23-9-11-27-43(39)54-49)52-50(51-47)38-22-8-10-25-40(38)53-41-26-13-24-37-35-20-6-7-21-36(35)44-34-19-5-4-16-32(34)29-42(53)46(44)45(37)41/h1-29H. The van der Waals surface area contributed by atoms with E-state index in [0.717, 1.165) is 55.6 Å². The quantitative estimate of drug-likeness (QED) is 0.173. The van der Waals surface area contributed by atoms with E-state index in [1.807, 2.05) is 24.3 Å². The third kappa shape index (κ3) is 4.08. The van der Waals surface area contributed by atoms with Crippen molar-refractivity contribution < 1.29 is 4.42 Å². The number of aromatic nitrogens is 3. The molecule has 0 saturated carbocycles. The highest BCUT2D eigenvalue weighted by atomic mass is 16.3. The Labute approximate surface area is 309 Å². The molecule has 9 aromatic carbocycles. The van der Waals surface area contributed by atoms with E-state index in [1.165, 1.54) is 48.6 Å². The van der Waals surface area contributed by atoms with Crippen LogP contribution in [0, 0.1) is 0 Å². The van der Waals surface area contributed by atoms with Crippen molar-refractivity contribution in [1.29, 1.82) is 0 Å². The predicted octanol–water partition coefficient (Wildman–Crippen LogP) is 13.4. The number of rotatable bonds is 4. The average Bonchev–Trinajstić information content (AvgIpc) is 3.78. The van der Waals surface area contributed by atoms with Crippen LogP contribution in [0.1, 0.15) is 0 Å². The lowest BCUT2D eigenvalue weighted by Gasteiger charge is -2.14. The van der Waals surface area contributed by atoms with Crippen molar-refractivity contribution in [3.8, 4) is 39.5 Å². The fraction of sp³-hybridized carbons (Fsp3) is 0. The van der Waals surface area contributed by atoms with Gasteiger partial charge in [-0.2, -0.15) is 0 Å². The summed E-state index contributed by atoms with van der Waals surface area (Å²) in [6, 6.07) is 62.4. The number of benzene rings is 9. The Bertz CT molecular complexity index is 3440. The van der Waals surface area contributed by atoms with E-state index in [0.29, 0.717) is 11.4 Å². The Morgan fingerprint density at radius 3 is 2.00 bits per heavy atom. The fourth-order valence-electron chi connectivity index (χ4n) is 8.82. The number of para-hydroxylation sites is 2. The van der Waals surface area contributed by atoms with Gasteiger partial charge in [0, 0.05) is 32.7 Å². The Kier molecular flexibility index (Phi) is 6.02. The van der Waals surface area contributed by atoms with Crippen molar-refractivity contribution in [2.45, 2.75) is 0 Å². The second-order valence-corrected chi connectivity index (χ2v) is 14.1. The molecule has 12 rings (SSSR count). The second-order valence-electron chi connectivity index (χ2n) is 14.1. The first-order valence-electron chi connectivity index (χ1n) is 18.3. The Hall–Kier alpha value is -7.30. The van der Waals surface area contributed by atoms with Gasteiger partial charge in [-0.3, -0.25) is 0 Å². The largest absolute Gasteiger partial charge is 0.452 e. The lowest BCUT2D eigenvalue weighted by Crippen LogP contribution is -2.01. The van der Waals surface area contributed by atoms with Crippen LogP contribution < -0.4 is 0 Å². The number of nitrogens with zero attached hydrogens (tertiary/aromatic N) is 3. The molecule has 0 atom stereocenters. The first-order valence-corrected chi connectivity index (χ1v) is 18.3. The zero-order valence-electron chi connectivity index (χ0n) is 29.0. The zero-order chi connectivity index (χ0) is 35.3. The van der Waals surface area contributed by atoms with Gasteiger partial charge in [0.2, 0.25) is 0 Å². The molecule has 0 aliphatic rings. The molecule has 0 unspecified atom stereocenters. The summed E-state index contributed by atoms with van der Waals surface area (Å²) in [7, 11) is 0. The Morgan fingerprint density at radius 2 is 1.09 bits per heavy atom. The van der Waals surface area contributed by atoms with E-state index in [2.05, 4.69) is 156 Å². The van der Waals surface area contributed by atoms with E-state index in [1.54, 1.807) is 0 Å². The van der Waals surface area contributed by atoms with Crippen LogP contribution in [0.2, 0.25) is 0 Å². The maximum Gasteiger partial charge on any atom is 0.180 e. The van der Waals surface area contributed by atoms with Gasteiger partial charge in [-0.25, -0.2) is 9.97 Å². The molecular formula is C50H29N3O. The van der Waals surface area contributed by atoms with Crippen LogP contribution in [-0.4, -0.2) is 14.5 Å². The molecule has 4 heteroatoms. The molecule has 0 bridgehead atoms. The van der Waals surface area contributed by atoms with Crippen molar-refractivity contribution in [3.05, 3.63) is 176 Å². The SMILES string of the molecule is c1ccc(-c2cccc(-c3nc(-c4ccccc4-n4c5cccc6c7ccccc7c7c8ccccc8cc4c7c65)nc4c3oc3ccccc34)c2)cc1. The summed E-state index contributed by atoms with van der Waals surface area (Å²) in [6.07, 6.45) is 0. The van der Waals surface area contributed by atoms with Gasteiger partial charge in [0.05, 0.1) is 16.7 Å². The smallest absolute Gasteiger partial charge is 0.180 e. The van der Waals surface area contributed by atoms with Gasteiger partial charge in [0.15, 0.2) is 11.4 Å². The lowest BCUT2D eigenvalue weighted by atomic mass is 9.91. The maximum absolute atomic E-state index is 6.57. The summed E-state index contributed by atoms with van der Waals surface area (Å²) < 4.78 is 9.00. The van der Waals surface area contributed by atoms with Crippen molar-refractivity contribution in [3.63, 3.8) is 0 Å². The van der Waals surface area contributed by atoms with Gasteiger partial charge in [-0.1, -0.05) is 133 Å². The normalized spacial score (nSPS) is 12.1. The third-order valence-corrected chi connectivity index (χ3v) is 11.1.